The third-order valence-electron chi connectivity index (χ3n) is 2.78. The van der Waals surface area contributed by atoms with E-state index in [2.05, 4.69) is 12.2 Å². The van der Waals surface area contributed by atoms with Crippen LogP contribution in [0.4, 0.5) is 5.69 Å². The molecule has 1 rings (SSSR count). The monoisotopic (exact) mass is 292 g/mol. The number of carbonyl (C=O) groups is 1. The minimum absolute atomic E-state index is 0.104. The first-order chi connectivity index (χ1) is 9.65. The molecule has 1 aromatic carbocycles. The number of hydrogen-bond acceptors (Lipinski definition) is 3. The van der Waals surface area contributed by atoms with Gasteiger partial charge in [0.15, 0.2) is 0 Å². The number of hydrogen-bond donors (Lipinski definition) is 1. The highest BCUT2D eigenvalue weighted by atomic mass is 32.2. The number of rotatable bonds is 8. The maximum absolute atomic E-state index is 11.7. The van der Waals surface area contributed by atoms with Crippen molar-refractivity contribution < 1.29 is 9.00 Å². The Morgan fingerprint density at radius 3 is 2.80 bits per heavy atom. The second-order valence-corrected chi connectivity index (χ2v) is 6.24. The quantitative estimate of drug-likeness (QED) is 0.801. The van der Waals surface area contributed by atoms with Gasteiger partial charge in [-0.15, -0.1) is 0 Å². The second kappa shape index (κ2) is 9.27. The standard InChI is InChI=1S/C15H20N2O2S/c1-2-3-9-20(19)10-5-8-15(18)17-14-7-4-6-13(11-14)12-16/h4,6-7,11H,2-3,5,8-10H2,1H3,(H,17,18). The van der Waals surface area contributed by atoms with E-state index in [9.17, 15) is 9.00 Å². The zero-order chi connectivity index (χ0) is 14.8. The summed E-state index contributed by atoms with van der Waals surface area (Å²) in [6.07, 6.45) is 3.00. The lowest BCUT2D eigenvalue weighted by Gasteiger charge is -2.05. The molecule has 0 spiro atoms. The van der Waals surface area contributed by atoms with Crippen molar-refractivity contribution in [2.24, 2.45) is 0 Å². The van der Waals surface area contributed by atoms with Gasteiger partial charge in [0, 0.05) is 34.4 Å². The SMILES string of the molecule is CCCCS(=O)CCCC(=O)Nc1cccc(C#N)c1. The van der Waals surface area contributed by atoms with Crippen molar-refractivity contribution in [1.82, 2.24) is 0 Å². The van der Waals surface area contributed by atoms with Crippen LogP contribution in [0.25, 0.3) is 0 Å². The zero-order valence-corrected chi connectivity index (χ0v) is 12.5. The van der Waals surface area contributed by atoms with Gasteiger partial charge in [-0.05, 0) is 31.0 Å². The van der Waals surface area contributed by atoms with Crippen molar-refractivity contribution >= 4 is 22.4 Å². The number of nitriles is 1. The molecular formula is C15H20N2O2S. The maximum Gasteiger partial charge on any atom is 0.224 e. The Bertz CT molecular complexity index is 509. The molecule has 4 nitrogen and oxygen atoms in total. The summed E-state index contributed by atoms with van der Waals surface area (Å²) >= 11 is 0. The first-order valence-corrected chi connectivity index (χ1v) is 8.29. The maximum atomic E-state index is 11.7. The Balaban J connectivity index is 2.30. The Kier molecular flexibility index (Phi) is 7.59. The molecule has 5 heteroatoms. The molecule has 20 heavy (non-hydrogen) atoms. The molecule has 108 valence electrons. The number of anilines is 1. The van der Waals surface area contributed by atoms with E-state index in [1.807, 2.05) is 6.07 Å². The average molecular weight is 292 g/mol. The van der Waals surface area contributed by atoms with Crippen LogP contribution in [0.15, 0.2) is 24.3 Å². The van der Waals surface area contributed by atoms with Gasteiger partial charge in [-0.3, -0.25) is 9.00 Å². The molecule has 0 saturated carbocycles. The Labute approximate surface area is 122 Å². The van der Waals surface area contributed by atoms with Crippen molar-refractivity contribution in [2.45, 2.75) is 32.6 Å². The van der Waals surface area contributed by atoms with Crippen molar-refractivity contribution in [3.63, 3.8) is 0 Å². The molecule has 0 aliphatic rings. The largest absolute Gasteiger partial charge is 0.326 e. The smallest absolute Gasteiger partial charge is 0.224 e. The summed E-state index contributed by atoms with van der Waals surface area (Å²) in [6.45, 7) is 2.07. The molecule has 1 amide bonds. The molecule has 1 unspecified atom stereocenters. The fourth-order valence-electron chi connectivity index (χ4n) is 1.69. The predicted molar refractivity (Wildman–Crippen MR) is 81.8 cm³/mol. The van der Waals surface area contributed by atoms with Crippen LogP contribution in [0, 0.1) is 11.3 Å². The van der Waals surface area contributed by atoms with Gasteiger partial charge in [-0.25, -0.2) is 0 Å². The number of benzene rings is 1. The van der Waals surface area contributed by atoms with Crippen LogP contribution in [0.1, 0.15) is 38.2 Å². The molecule has 1 atom stereocenters. The lowest BCUT2D eigenvalue weighted by atomic mass is 10.2. The number of carbonyl (C=O) groups excluding carboxylic acids is 1. The fraction of sp³-hybridized carbons (Fsp3) is 0.467. The van der Waals surface area contributed by atoms with Gasteiger partial charge in [-0.2, -0.15) is 5.26 Å². The molecular weight excluding hydrogens is 272 g/mol. The Hall–Kier alpha value is -1.67. The molecule has 0 radical (unpaired) electrons. The first kappa shape index (κ1) is 16.4. The zero-order valence-electron chi connectivity index (χ0n) is 11.7. The summed E-state index contributed by atoms with van der Waals surface area (Å²) in [5, 5.41) is 11.5. The summed E-state index contributed by atoms with van der Waals surface area (Å²) in [5.41, 5.74) is 1.14. The van der Waals surface area contributed by atoms with E-state index >= 15 is 0 Å². The van der Waals surface area contributed by atoms with E-state index < -0.39 is 10.8 Å². The lowest BCUT2D eigenvalue weighted by molar-refractivity contribution is -0.116. The summed E-state index contributed by atoms with van der Waals surface area (Å²) in [7, 11) is -0.811. The van der Waals surface area contributed by atoms with E-state index in [-0.39, 0.29) is 5.91 Å². The summed E-state index contributed by atoms with van der Waals surface area (Å²) < 4.78 is 11.6. The number of nitrogens with one attached hydrogen (secondary N) is 1. The van der Waals surface area contributed by atoms with E-state index in [1.54, 1.807) is 24.3 Å². The molecule has 0 aliphatic heterocycles. The van der Waals surface area contributed by atoms with Gasteiger partial charge in [0.25, 0.3) is 0 Å². The third kappa shape index (κ3) is 6.48. The van der Waals surface area contributed by atoms with Crippen LogP contribution in [-0.2, 0) is 15.6 Å². The molecule has 0 aliphatic carbocycles. The fourth-order valence-corrected chi connectivity index (χ4v) is 2.97. The van der Waals surface area contributed by atoms with Crippen LogP contribution >= 0.6 is 0 Å². The molecule has 0 bridgehead atoms. The summed E-state index contributed by atoms with van der Waals surface area (Å²) in [5.74, 6) is 1.20. The second-order valence-electron chi connectivity index (χ2n) is 4.55. The highest BCUT2D eigenvalue weighted by molar-refractivity contribution is 7.84. The van der Waals surface area contributed by atoms with Gasteiger partial charge in [0.1, 0.15) is 0 Å². The van der Waals surface area contributed by atoms with Crippen molar-refractivity contribution in [3.05, 3.63) is 29.8 Å². The summed E-state index contributed by atoms with van der Waals surface area (Å²) in [6, 6.07) is 8.83. The van der Waals surface area contributed by atoms with Crippen LogP contribution in [0.2, 0.25) is 0 Å². The molecule has 0 saturated heterocycles. The van der Waals surface area contributed by atoms with Gasteiger partial charge in [0.2, 0.25) is 5.91 Å². The predicted octanol–water partition coefficient (Wildman–Crippen LogP) is 2.83. The molecule has 0 aromatic heterocycles. The van der Waals surface area contributed by atoms with Crippen LogP contribution in [-0.4, -0.2) is 21.6 Å². The Morgan fingerprint density at radius 2 is 2.10 bits per heavy atom. The number of nitrogens with zero attached hydrogens (tertiary/aromatic N) is 1. The third-order valence-corrected chi connectivity index (χ3v) is 4.26. The number of unbranched alkanes of at least 4 members (excludes halogenated alkanes) is 1. The molecule has 0 heterocycles. The van der Waals surface area contributed by atoms with Gasteiger partial charge >= 0.3 is 0 Å². The van der Waals surface area contributed by atoms with E-state index in [4.69, 9.17) is 5.26 Å². The summed E-state index contributed by atoms with van der Waals surface area (Å²) in [4.78, 5) is 11.7. The van der Waals surface area contributed by atoms with E-state index in [0.29, 0.717) is 29.8 Å². The van der Waals surface area contributed by atoms with Crippen LogP contribution in [0.5, 0.6) is 0 Å². The lowest BCUT2D eigenvalue weighted by Crippen LogP contribution is -2.13. The van der Waals surface area contributed by atoms with Gasteiger partial charge < -0.3 is 5.32 Å². The van der Waals surface area contributed by atoms with Gasteiger partial charge in [-0.1, -0.05) is 19.4 Å². The van der Waals surface area contributed by atoms with Crippen molar-refractivity contribution in [1.29, 1.82) is 5.26 Å². The van der Waals surface area contributed by atoms with Crippen LogP contribution < -0.4 is 5.32 Å². The normalized spacial score (nSPS) is 11.6. The highest BCUT2D eigenvalue weighted by Gasteiger charge is 2.05. The molecule has 1 N–H and O–H groups in total. The molecule has 0 fully saturated rings. The first-order valence-electron chi connectivity index (χ1n) is 6.80. The van der Waals surface area contributed by atoms with Gasteiger partial charge in [0.05, 0.1) is 11.6 Å². The molecule has 1 aromatic rings. The minimum atomic E-state index is -0.811. The van der Waals surface area contributed by atoms with E-state index in [0.717, 1.165) is 18.6 Å². The topological polar surface area (TPSA) is 70.0 Å². The van der Waals surface area contributed by atoms with Crippen LogP contribution in [0.3, 0.4) is 0 Å². The number of amides is 1. The average Bonchev–Trinajstić information content (AvgIpc) is 2.45. The Morgan fingerprint density at radius 1 is 1.35 bits per heavy atom. The van der Waals surface area contributed by atoms with Crippen molar-refractivity contribution in [3.8, 4) is 6.07 Å². The minimum Gasteiger partial charge on any atom is -0.326 e. The van der Waals surface area contributed by atoms with Crippen molar-refractivity contribution in [2.75, 3.05) is 16.8 Å². The highest BCUT2D eigenvalue weighted by Crippen LogP contribution is 2.10. The van der Waals surface area contributed by atoms with E-state index in [1.165, 1.54) is 0 Å².